The Labute approximate surface area is 75.4 Å². The van der Waals surface area contributed by atoms with E-state index < -0.39 is 0 Å². The lowest BCUT2D eigenvalue weighted by Gasteiger charge is -2.08. The molecule has 0 saturated carbocycles. The maximum absolute atomic E-state index is 11.4. The zero-order chi connectivity index (χ0) is 9.84. The van der Waals surface area contributed by atoms with Crippen LogP contribution in [0.3, 0.4) is 0 Å². The van der Waals surface area contributed by atoms with E-state index in [9.17, 15) is 9.59 Å². The molecule has 0 bridgehead atoms. The summed E-state index contributed by atoms with van der Waals surface area (Å²) in [5.41, 5.74) is 2.57. The molecule has 0 atom stereocenters. The van der Waals surface area contributed by atoms with Gasteiger partial charge >= 0.3 is 0 Å². The number of amides is 1. The standard InChI is InChI=1S/C8H11N3O2/c1-3-7-9-4-6(2)8(13)11(7)10-5-12/h4-5H,3H2,1-2H3,(H,10,12). The molecule has 1 N–H and O–H groups in total. The molecule has 70 valence electrons. The molecule has 1 rings (SSSR count). The van der Waals surface area contributed by atoms with Crippen LogP contribution in [-0.4, -0.2) is 16.1 Å². The van der Waals surface area contributed by atoms with Crippen molar-refractivity contribution in [3.05, 3.63) is 27.9 Å². The minimum Gasteiger partial charge on any atom is -0.277 e. The van der Waals surface area contributed by atoms with Gasteiger partial charge in [0.25, 0.3) is 5.56 Å². The van der Waals surface area contributed by atoms with Crippen molar-refractivity contribution >= 4 is 6.41 Å². The molecule has 0 aliphatic carbocycles. The van der Waals surface area contributed by atoms with Gasteiger partial charge in [-0.15, -0.1) is 0 Å². The maximum Gasteiger partial charge on any atom is 0.275 e. The molecule has 0 radical (unpaired) electrons. The summed E-state index contributed by atoms with van der Waals surface area (Å²) < 4.78 is 1.16. The molecule has 0 aromatic carbocycles. The van der Waals surface area contributed by atoms with Gasteiger partial charge in [-0.1, -0.05) is 6.92 Å². The Morgan fingerprint density at radius 2 is 2.38 bits per heavy atom. The number of rotatable bonds is 3. The summed E-state index contributed by atoms with van der Waals surface area (Å²) in [7, 11) is 0. The first-order valence-electron chi connectivity index (χ1n) is 3.98. The fraction of sp³-hybridized carbons (Fsp3) is 0.375. The second-order valence-electron chi connectivity index (χ2n) is 2.60. The normalized spacial score (nSPS) is 9.69. The largest absolute Gasteiger partial charge is 0.277 e. The van der Waals surface area contributed by atoms with E-state index in [0.717, 1.165) is 4.68 Å². The molecule has 0 spiro atoms. The average Bonchev–Trinajstić information content (AvgIpc) is 2.14. The van der Waals surface area contributed by atoms with Crippen molar-refractivity contribution in [3.63, 3.8) is 0 Å². The van der Waals surface area contributed by atoms with E-state index in [-0.39, 0.29) is 5.56 Å². The fourth-order valence-corrected chi connectivity index (χ4v) is 1.01. The molecule has 5 heteroatoms. The van der Waals surface area contributed by atoms with Crippen LogP contribution in [-0.2, 0) is 11.2 Å². The highest BCUT2D eigenvalue weighted by Crippen LogP contribution is 1.92. The van der Waals surface area contributed by atoms with Crippen LogP contribution in [0, 0.1) is 6.92 Å². The monoisotopic (exact) mass is 181 g/mol. The predicted molar refractivity (Wildman–Crippen MR) is 48.0 cm³/mol. The van der Waals surface area contributed by atoms with Crippen LogP contribution < -0.4 is 11.0 Å². The Morgan fingerprint density at radius 3 is 2.92 bits per heavy atom. The third-order valence-electron chi connectivity index (χ3n) is 1.70. The molecule has 0 unspecified atom stereocenters. The zero-order valence-corrected chi connectivity index (χ0v) is 7.57. The highest BCUT2D eigenvalue weighted by molar-refractivity contribution is 5.56. The molecule has 0 aliphatic heterocycles. The van der Waals surface area contributed by atoms with Gasteiger partial charge in [-0.3, -0.25) is 15.0 Å². The summed E-state index contributed by atoms with van der Waals surface area (Å²) in [6.45, 7) is 3.51. The molecule has 1 heterocycles. The van der Waals surface area contributed by atoms with Gasteiger partial charge < -0.3 is 0 Å². The topological polar surface area (TPSA) is 64.0 Å². The van der Waals surface area contributed by atoms with Crippen molar-refractivity contribution in [1.29, 1.82) is 0 Å². The summed E-state index contributed by atoms with van der Waals surface area (Å²) >= 11 is 0. The molecular formula is C8H11N3O2. The van der Waals surface area contributed by atoms with Gasteiger partial charge in [0.2, 0.25) is 6.41 Å². The Hall–Kier alpha value is -1.65. The van der Waals surface area contributed by atoms with E-state index in [1.54, 1.807) is 6.92 Å². The van der Waals surface area contributed by atoms with E-state index in [0.29, 0.717) is 24.2 Å². The SMILES string of the molecule is CCc1ncc(C)c(=O)n1NC=O. The first-order chi connectivity index (χ1) is 6.20. The highest BCUT2D eigenvalue weighted by atomic mass is 16.2. The van der Waals surface area contributed by atoms with Crippen LogP contribution in [0.5, 0.6) is 0 Å². The predicted octanol–water partition coefficient (Wildman–Crippen LogP) is -0.186. The second kappa shape index (κ2) is 3.84. The Balaban J connectivity index is 3.32. The summed E-state index contributed by atoms with van der Waals surface area (Å²) in [5, 5.41) is 0. The quantitative estimate of drug-likeness (QED) is 0.657. The molecular weight excluding hydrogens is 170 g/mol. The van der Waals surface area contributed by atoms with E-state index in [1.165, 1.54) is 6.20 Å². The van der Waals surface area contributed by atoms with Crippen molar-refractivity contribution in [2.45, 2.75) is 20.3 Å². The number of hydrogen-bond donors (Lipinski definition) is 1. The van der Waals surface area contributed by atoms with E-state index >= 15 is 0 Å². The minimum atomic E-state index is -0.237. The zero-order valence-electron chi connectivity index (χ0n) is 7.57. The Kier molecular flexibility index (Phi) is 2.79. The first-order valence-corrected chi connectivity index (χ1v) is 3.98. The van der Waals surface area contributed by atoms with Crippen molar-refractivity contribution < 1.29 is 4.79 Å². The maximum atomic E-state index is 11.4. The number of carbonyl (C=O) groups is 1. The summed E-state index contributed by atoms with van der Waals surface area (Å²) in [5.74, 6) is 0.544. The van der Waals surface area contributed by atoms with Crippen LogP contribution in [0.4, 0.5) is 0 Å². The van der Waals surface area contributed by atoms with Gasteiger partial charge in [0.05, 0.1) is 0 Å². The van der Waals surface area contributed by atoms with Gasteiger partial charge in [0, 0.05) is 18.2 Å². The molecule has 0 aliphatic rings. The van der Waals surface area contributed by atoms with Gasteiger partial charge in [-0.25, -0.2) is 9.66 Å². The summed E-state index contributed by atoms with van der Waals surface area (Å²) in [6, 6.07) is 0. The van der Waals surface area contributed by atoms with Crippen molar-refractivity contribution in [3.8, 4) is 0 Å². The molecule has 0 fully saturated rings. The molecule has 1 aromatic rings. The van der Waals surface area contributed by atoms with Crippen LogP contribution in [0.2, 0.25) is 0 Å². The second-order valence-corrected chi connectivity index (χ2v) is 2.60. The number of hydrogen-bond acceptors (Lipinski definition) is 3. The highest BCUT2D eigenvalue weighted by Gasteiger charge is 2.04. The lowest BCUT2D eigenvalue weighted by atomic mass is 10.3. The lowest BCUT2D eigenvalue weighted by Crippen LogP contribution is -2.33. The first kappa shape index (κ1) is 9.44. The van der Waals surface area contributed by atoms with Gasteiger partial charge in [-0.2, -0.15) is 0 Å². The molecule has 1 amide bonds. The van der Waals surface area contributed by atoms with E-state index in [1.807, 2.05) is 6.92 Å². The average molecular weight is 181 g/mol. The molecule has 1 aromatic heterocycles. The third kappa shape index (κ3) is 1.74. The van der Waals surface area contributed by atoms with Gasteiger partial charge in [0.1, 0.15) is 5.82 Å². The Morgan fingerprint density at radius 1 is 1.69 bits per heavy atom. The molecule has 13 heavy (non-hydrogen) atoms. The summed E-state index contributed by atoms with van der Waals surface area (Å²) in [6.07, 6.45) is 2.56. The Bertz CT molecular complexity index is 370. The van der Waals surface area contributed by atoms with Crippen LogP contribution >= 0.6 is 0 Å². The molecule has 0 saturated heterocycles. The van der Waals surface area contributed by atoms with Crippen LogP contribution in [0.25, 0.3) is 0 Å². The number of aromatic nitrogens is 2. The number of aryl methyl sites for hydroxylation is 2. The van der Waals surface area contributed by atoms with Crippen molar-refractivity contribution in [2.24, 2.45) is 0 Å². The van der Waals surface area contributed by atoms with Crippen LogP contribution in [0.1, 0.15) is 18.3 Å². The lowest BCUT2D eigenvalue weighted by molar-refractivity contribution is -0.106. The van der Waals surface area contributed by atoms with E-state index in [2.05, 4.69) is 10.4 Å². The van der Waals surface area contributed by atoms with E-state index in [4.69, 9.17) is 0 Å². The third-order valence-corrected chi connectivity index (χ3v) is 1.70. The summed E-state index contributed by atoms with van der Waals surface area (Å²) in [4.78, 5) is 25.7. The van der Waals surface area contributed by atoms with Gasteiger partial charge in [-0.05, 0) is 6.92 Å². The number of nitrogens with zero attached hydrogens (tertiary/aromatic N) is 2. The van der Waals surface area contributed by atoms with Crippen molar-refractivity contribution in [1.82, 2.24) is 9.66 Å². The van der Waals surface area contributed by atoms with Crippen molar-refractivity contribution in [2.75, 3.05) is 5.43 Å². The number of carbonyl (C=O) groups excluding carboxylic acids is 1. The number of nitrogens with one attached hydrogen (secondary N) is 1. The smallest absolute Gasteiger partial charge is 0.275 e. The molecule has 5 nitrogen and oxygen atoms in total. The van der Waals surface area contributed by atoms with Gasteiger partial charge in [0.15, 0.2) is 0 Å². The fourth-order valence-electron chi connectivity index (χ4n) is 1.01. The van der Waals surface area contributed by atoms with Crippen LogP contribution in [0.15, 0.2) is 11.0 Å². The minimum absolute atomic E-state index is 0.237.